The summed E-state index contributed by atoms with van der Waals surface area (Å²) < 4.78 is 8.09. The van der Waals surface area contributed by atoms with Crippen molar-refractivity contribution >= 4 is 21.9 Å². The van der Waals surface area contributed by atoms with Crippen molar-refractivity contribution in [3.63, 3.8) is 0 Å². The van der Waals surface area contributed by atoms with E-state index in [1.807, 2.05) is 29.0 Å². The van der Waals surface area contributed by atoms with Crippen molar-refractivity contribution in [3.8, 4) is 5.75 Å². The molecule has 2 rings (SSSR count). The van der Waals surface area contributed by atoms with Crippen LogP contribution in [0.2, 0.25) is 0 Å². The first-order valence-electron chi connectivity index (χ1n) is 4.79. The molecule has 0 fully saturated rings. The third kappa shape index (κ3) is 2.19. The Labute approximate surface area is 102 Å². The number of hydrogen-bond donors (Lipinski definition) is 1. The zero-order valence-electron chi connectivity index (χ0n) is 8.85. The van der Waals surface area contributed by atoms with Gasteiger partial charge in [-0.25, -0.2) is 4.98 Å². The predicted octanol–water partition coefficient (Wildman–Crippen LogP) is 2.28. The summed E-state index contributed by atoms with van der Waals surface area (Å²) in [4.78, 5) is 3.98. The molecule has 0 amide bonds. The molecule has 0 spiro atoms. The number of ether oxygens (including phenoxy) is 1. The van der Waals surface area contributed by atoms with Crippen LogP contribution in [-0.2, 0) is 6.54 Å². The number of nitrogens with zero attached hydrogens (tertiary/aromatic N) is 2. The summed E-state index contributed by atoms with van der Waals surface area (Å²) in [5, 5.41) is 0. The minimum Gasteiger partial charge on any atom is -0.497 e. The van der Waals surface area contributed by atoms with Crippen LogP contribution in [-0.4, -0.2) is 16.7 Å². The molecule has 1 aromatic heterocycles. The van der Waals surface area contributed by atoms with E-state index >= 15 is 0 Å². The Morgan fingerprint density at radius 3 is 2.94 bits per heavy atom. The number of nitrogen functional groups attached to an aromatic ring is 1. The number of halogens is 1. The molecule has 0 aliphatic carbocycles. The lowest BCUT2D eigenvalue weighted by atomic mass is 10.2. The van der Waals surface area contributed by atoms with Crippen LogP contribution >= 0.6 is 15.9 Å². The largest absolute Gasteiger partial charge is 0.497 e. The van der Waals surface area contributed by atoms with Gasteiger partial charge >= 0.3 is 0 Å². The van der Waals surface area contributed by atoms with Crippen LogP contribution < -0.4 is 10.5 Å². The van der Waals surface area contributed by atoms with Gasteiger partial charge in [-0.1, -0.05) is 15.9 Å². The number of methoxy groups -OCH3 is 1. The van der Waals surface area contributed by atoms with E-state index in [4.69, 9.17) is 10.5 Å². The average Bonchev–Trinajstić information content (AvgIpc) is 2.68. The van der Waals surface area contributed by atoms with E-state index < -0.39 is 0 Å². The third-order valence-corrected chi connectivity index (χ3v) is 3.11. The lowest BCUT2D eigenvalue weighted by Gasteiger charge is -2.09. The fourth-order valence-corrected chi connectivity index (χ4v) is 1.83. The third-order valence-electron chi connectivity index (χ3n) is 2.34. The van der Waals surface area contributed by atoms with E-state index in [1.165, 1.54) is 0 Å². The lowest BCUT2D eigenvalue weighted by molar-refractivity contribution is 0.414. The van der Waals surface area contributed by atoms with Gasteiger partial charge in [0, 0.05) is 16.9 Å². The van der Waals surface area contributed by atoms with Gasteiger partial charge in [0.05, 0.1) is 13.7 Å². The Kier molecular flexibility index (Phi) is 3.14. The SMILES string of the molecule is COc1ccc(Br)c(Cn2ccnc2N)c1. The molecule has 2 N–H and O–H groups in total. The summed E-state index contributed by atoms with van der Waals surface area (Å²) in [6, 6.07) is 5.84. The fraction of sp³-hybridized carbons (Fsp3) is 0.182. The molecular formula is C11H12BrN3O. The highest BCUT2D eigenvalue weighted by Crippen LogP contribution is 2.23. The Balaban J connectivity index is 2.30. The maximum Gasteiger partial charge on any atom is 0.200 e. The number of hydrogen-bond acceptors (Lipinski definition) is 3. The van der Waals surface area contributed by atoms with Crippen LogP contribution in [0.3, 0.4) is 0 Å². The summed E-state index contributed by atoms with van der Waals surface area (Å²) in [6.45, 7) is 0.670. The van der Waals surface area contributed by atoms with Crippen molar-refractivity contribution in [2.24, 2.45) is 0 Å². The average molecular weight is 282 g/mol. The summed E-state index contributed by atoms with van der Waals surface area (Å²) in [5.74, 6) is 1.34. The molecule has 0 atom stereocenters. The molecule has 0 unspecified atom stereocenters. The van der Waals surface area contributed by atoms with E-state index in [9.17, 15) is 0 Å². The van der Waals surface area contributed by atoms with Gasteiger partial charge in [0.25, 0.3) is 0 Å². The predicted molar refractivity (Wildman–Crippen MR) is 66.4 cm³/mol. The maximum atomic E-state index is 5.71. The summed E-state index contributed by atoms with van der Waals surface area (Å²) in [6.07, 6.45) is 3.53. The van der Waals surface area contributed by atoms with Gasteiger partial charge in [-0.15, -0.1) is 0 Å². The van der Waals surface area contributed by atoms with Gasteiger partial charge in [-0.05, 0) is 23.8 Å². The van der Waals surface area contributed by atoms with E-state index in [-0.39, 0.29) is 0 Å². The first kappa shape index (κ1) is 11.0. The minimum absolute atomic E-state index is 0.509. The van der Waals surface area contributed by atoms with Crippen LogP contribution in [0.5, 0.6) is 5.75 Å². The van der Waals surface area contributed by atoms with Crippen molar-refractivity contribution in [2.45, 2.75) is 6.54 Å². The Bertz CT molecular complexity index is 496. The fourth-order valence-electron chi connectivity index (χ4n) is 1.46. The molecule has 0 saturated heterocycles. The highest BCUT2D eigenvalue weighted by molar-refractivity contribution is 9.10. The van der Waals surface area contributed by atoms with Crippen LogP contribution in [0.1, 0.15) is 5.56 Å². The Hall–Kier alpha value is -1.49. The molecule has 5 heteroatoms. The van der Waals surface area contributed by atoms with Gasteiger partial charge in [0.15, 0.2) is 5.95 Å². The second-order valence-corrected chi connectivity index (χ2v) is 4.23. The number of benzene rings is 1. The van der Waals surface area contributed by atoms with E-state index in [0.717, 1.165) is 15.8 Å². The summed E-state index contributed by atoms with van der Waals surface area (Å²) in [7, 11) is 1.65. The van der Waals surface area contributed by atoms with Gasteiger partial charge in [0.1, 0.15) is 5.75 Å². The number of imidazole rings is 1. The molecule has 0 aliphatic rings. The van der Waals surface area contributed by atoms with Crippen molar-refractivity contribution in [3.05, 3.63) is 40.6 Å². The molecule has 0 bridgehead atoms. The number of aromatic nitrogens is 2. The molecule has 16 heavy (non-hydrogen) atoms. The quantitative estimate of drug-likeness (QED) is 0.939. The molecular weight excluding hydrogens is 270 g/mol. The molecule has 1 heterocycles. The molecule has 0 radical (unpaired) electrons. The smallest absolute Gasteiger partial charge is 0.200 e. The number of anilines is 1. The summed E-state index contributed by atoms with van der Waals surface area (Å²) in [5.41, 5.74) is 6.82. The second-order valence-electron chi connectivity index (χ2n) is 3.37. The minimum atomic E-state index is 0.509. The van der Waals surface area contributed by atoms with Crippen LogP contribution in [0.25, 0.3) is 0 Å². The van der Waals surface area contributed by atoms with E-state index in [0.29, 0.717) is 12.5 Å². The Morgan fingerprint density at radius 2 is 2.31 bits per heavy atom. The highest BCUT2D eigenvalue weighted by Gasteiger charge is 2.05. The summed E-state index contributed by atoms with van der Waals surface area (Å²) >= 11 is 3.50. The van der Waals surface area contributed by atoms with Crippen molar-refractivity contribution < 1.29 is 4.74 Å². The molecule has 0 aliphatic heterocycles. The van der Waals surface area contributed by atoms with Gasteiger partial charge in [-0.2, -0.15) is 0 Å². The Morgan fingerprint density at radius 1 is 1.50 bits per heavy atom. The highest BCUT2D eigenvalue weighted by atomic mass is 79.9. The van der Waals surface area contributed by atoms with Gasteiger partial charge in [-0.3, -0.25) is 0 Å². The number of rotatable bonds is 3. The van der Waals surface area contributed by atoms with Gasteiger partial charge < -0.3 is 15.0 Å². The maximum absolute atomic E-state index is 5.71. The van der Waals surface area contributed by atoms with Gasteiger partial charge in [0.2, 0.25) is 0 Å². The first-order chi connectivity index (χ1) is 7.70. The van der Waals surface area contributed by atoms with E-state index in [1.54, 1.807) is 13.3 Å². The molecule has 84 valence electrons. The standard InChI is InChI=1S/C11H12BrN3O/c1-16-9-2-3-10(12)8(6-9)7-15-5-4-14-11(15)13/h2-6H,7H2,1H3,(H2,13,14). The first-order valence-corrected chi connectivity index (χ1v) is 5.59. The zero-order chi connectivity index (χ0) is 11.5. The van der Waals surface area contributed by atoms with Crippen LogP contribution in [0, 0.1) is 0 Å². The molecule has 0 saturated carbocycles. The molecule has 2 aromatic rings. The van der Waals surface area contributed by atoms with E-state index in [2.05, 4.69) is 20.9 Å². The second kappa shape index (κ2) is 4.57. The lowest BCUT2D eigenvalue weighted by Crippen LogP contribution is -2.04. The zero-order valence-corrected chi connectivity index (χ0v) is 10.4. The number of nitrogens with two attached hydrogens (primary N) is 1. The monoisotopic (exact) mass is 281 g/mol. The molecule has 1 aromatic carbocycles. The molecule has 4 nitrogen and oxygen atoms in total. The van der Waals surface area contributed by atoms with Crippen molar-refractivity contribution in [1.29, 1.82) is 0 Å². The van der Waals surface area contributed by atoms with Crippen LogP contribution in [0.15, 0.2) is 35.1 Å². The van der Waals surface area contributed by atoms with Crippen molar-refractivity contribution in [2.75, 3.05) is 12.8 Å². The normalized spacial score (nSPS) is 10.4. The van der Waals surface area contributed by atoms with Crippen LogP contribution in [0.4, 0.5) is 5.95 Å². The topological polar surface area (TPSA) is 53.1 Å². The van der Waals surface area contributed by atoms with Crippen molar-refractivity contribution in [1.82, 2.24) is 9.55 Å².